The van der Waals surface area contributed by atoms with Gasteiger partial charge in [-0.15, -0.1) is 0 Å². The Balaban J connectivity index is 1.91. The number of benzene rings is 2. The quantitative estimate of drug-likeness (QED) is 0.350. The van der Waals surface area contributed by atoms with Gasteiger partial charge in [0.1, 0.15) is 11.5 Å². The number of aliphatic hydroxyl groups is 1. The lowest BCUT2D eigenvalue weighted by atomic mass is 9.85. The Bertz CT molecular complexity index is 1210. The predicted octanol–water partition coefficient (Wildman–Crippen LogP) is 5.22. The number of hydrogen-bond acceptors (Lipinski definition) is 5. The number of ketones is 1. The first kappa shape index (κ1) is 21.6. The van der Waals surface area contributed by atoms with Crippen LogP contribution >= 0.6 is 0 Å². The molecule has 0 radical (unpaired) electrons. The molecule has 0 bridgehead atoms. The molecular weight excluding hydrogens is 404 g/mol. The van der Waals surface area contributed by atoms with Crippen molar-refractivity contribution >= 4 is 23.3 Å². The van der Waals surface area contributed by atoms with E-state index in [1.165, 1.54) is 4.90 Å². The zero-order valence-corrected chi connectivity index (χ0v) is 18.8. The van der Waals surface area contributed by atoms with Crippen LogP contribution in [0.1, 0.15) is 54.8 Å². The maximum Gasteiger partial charge on any atom is 0.301 e. The molecule has 6 nitrogen and oxygen atoms in total. The summed E-state index contributed by atoms with van der Waals surface area (Å²) >= 11 is 0. The SMILES string of the molecule is Cc1ccc(C(O)=C2C(=O)C(=O)N(c3cc(C)on3)[C@@H]2c2ccc(C(C)(C)C)cc2)cc1. The molecule has 0 saturated carbocycles. The molecule has 1 amide bonds. The highest BCUT2D eigenvalue weighted by Crippen LogP contribution is 2.42. The smallest absolute Gasteiger partial charge is 0.301 e. The fourth-order valence-electron chi connectivity index (χ4n) is 3.88. The number of nitrogens with zero attached hydrogens (tertiary/aromatic N) is 2. The van der Waals surface area contributed by atoms with Crippen LogP contribution in [-0.2, 0) is 15.0 Å². The standard InChI is InChI=1S/C26H26N2O4/c1-15-6-8-18(9-7-15)23(29)21-22(17-10-12-19(13-11-17)26(3,4)5)28(25(31)24(21)30)20-14-16(2)32-27-20/h6-14,22,29H,1-5H3/t22-/m1/s1. The van der Waals surface area contributed by atoms with Crippen LogP contribution in [0.2, 0.25) is 0 Å². The van der Waals surface area contributed by atoms with Gasteiger partial charge < -0.3 is 9.63 Å². The van der Waals surface area contributed by atoms with Gasteiger partial charge in [-0.25, -0.2) is 0 Å². The summed E-state index contributed by atoms with van der Waals surface area (Å²) in [5, 5.41) is 15.1. The second-order valence-electron chi connectivity index (χ2n) is 9.20. The van der Waals surface area contributed by atoms with Gasteiger partial charge in [0.2, 0.25) is 0 Å². The first-order valence-corrected chi connectivity index (χ1v) is 10.5. The van der Waals surface area contributed by atoms with E-state index in [9.17, 15) is 14.7 Å². The Morgan fingerprint density at radius 1 is 1.00 bits per heavy atom. The van der Waals surface area contributed by atoms with Gasteiger partial charge in [0, 0.05) is 11.6 Å². The summed E-state index contributed by atoms with van der Waals surface area (Å²) in [6.45, 7) is 10.00. The summed E-state index contributed by atoms with van der Waals surface area (Å²) in [5.74, 6) is -0.971. The van der Waals surface area contributed by atoms with Crippen molar-refractivity contribution in [2.24, 2.45) is 0 Å². The van der Waals surface area contributed by atoms with E-state index in [1.807, 2.05) is 43.3 Å². The molecule has 1 atom stereocenters. The first-order chi connectivity index (χ1) is 15.1. The largest absolute Gasteiger partial charge is 0.507 e. The Morgan fingerprint density at radius 2 is 1.62 bits per heavy atom. The monoisotopic (exact) mass is 430 g/mol. The highest BCUT2D eigenvalue weighted by molar-refractivity contribution is 6.51. The third-order valence-electron chi connectivity index (χ3n) is 5.72. The van der Waals surface area contributed by atoms with Crippen molar-refractivity contribution in [2.45, 2.75) is 46.1 Å². The summed E-state index contributed by atoms with van der Waals surface area (Å²) in [5.41, 5.74) is 3.30. The fraction of sp³-hybridized carbons (Fsp3) is 0.269. The van der Waals surface area contributed by atoms with E-state index in [0.717, 1.165) is 11.1 Å². The molecule has 32 heavy (non-hydrogen) atoms. The number of anilines is 1. The van der Waals surface area contributed by atoms with Crippen LogP contribution in [0.3, 0.4) is 0 Å². The van der Waals surface area contributed by atoms with E-state index in [4.69, 9.17) is 4.52 Å². The van der Waals surface area contributed by atoms with Crippen molar-refractivity contribution in [3.05, 3.63) is 88.2 Å². The molecule has 2 aromatic carbocycles. The van der Waals surface area contributed by atoms with Crippen LogP contribution in [0, 0.1) is 13.8 Å². The summed E-state index contributed by atoms with van der Waals surface area (Å²) in [6, 6.07) is 15.7. The maximum atomic E-state index is 13.1. The second-order valence-corrected chi connectivity index (χ2v) is 9.20. The number of aryl methyl sites for hydroxylation is 2. The minimum absolute atomic E-state index is 0.0306. The van der Waals surface area contributed by atoms with Crippen molar-refractivity contribution in [1.29, 1.82) is 0 Å². The molecule has 3 aromatic rings. The summed E-state index contributed by atoms with van der Waals surface area (Å²) in [7, 11) is 0. The van der Waals surface area contributed by atoms with E-state index in [0.29, 0.717) is 16.9 Å². The van der Waals surface area contributed by atoms with Crippen molar-refractivity contribution in [2.75, 3.05) is 4.90 Å². The van der Waals surface area contributed by atoms with Gasteiger partial charge in [-0.05, 0) is 30.4 Å². The Morgan fingerprint density at radius 3 is 2.16 bits per heavy atom. The molecule has 6 heteroatoms. The van der Waals surface area contributed by atoms with Crippen molar-refractivity contribution in [1.82, 2.24) is 5.16 Å². The topological polar surface area (TPSA) is 83.6 Å². The fourth-order valence-corrected chi connectivity index (χ4v) is 3.88. The second kappa shape index (κ2) is 7.79. The highest BCUT2D eigenvalue weighted by atomic mass is 16.5. The molecule has 4 rings (SSSR count). The number of rotatable bonds is 3. The van der Waals surface area contributed by atoms with Gasteiger partial charge in [-0.2, -0.15) is 0 Å². The lowest BCUT2D eigenvalue weighted by molar-refractivity contribution is -0.132. The number of Topliss-reactive ketones (excluding diaryl/α,β-unsaturated/α-hetero) is 1. The molecule has 1 aliphatic heterocycles. The molecule has 1 fully saturated rings. The van der Waals surface area contributed by atoms with Gasteiger partial charge in [-0.1, -0.05) is 80.0 Å². The average Bonchev–Trinajstić information content (AvgIpc) is 3.28. The average molecular weight is 431 g/mol. The number of aliphatic hydroxyl groups excluding tert-OH is 1. The van der Waals surface area contributed by atoms with Gasteiger partial charge >= 0.3 is 5.91 Å². The van der Waals surface area contributed by atoms with Gasteiger partial charge in [0.25, 0.3) is 5.78 Å². The van der Waals surface area contributed by atoms with Crippen molar-refractivity contribution < 1.29 is 19.2 Å². The van der Waals surface area contributed by atoms with E-state index in [2.05, 4.69) is 25.9 Å². The maximum absolute atomic E-state index is 13.1. The molecule has 164 valence electrons. The summed E-state index contributed by atoms with van der Waals surface area (Å²) < 4.78 is 5.17. The molecule has 0 unspecified atom stereocenters. The van der Waals surface area contributed by atoms with E-state index in [-0.39, 0.29) is 22.6 Å². The molecule has 0 aliphatic carbocycles. The van der Waals surface area contributed by atoms with Crippen LogP contribution in [-0.4, -0.2) is 22.0 Å². The normalized spacial score (nSPS) is 18.4. The van der Waals surface area contributed by atoms with E-state index < -0.39 is 17.7 Å². The van der Waals surface area contributed by atoms with Gasteiger partial charge in [0.15, 0.2) is 5.82 Å². The number of hydrogen-bond donors (Lipinski definition) is 1. The van der Waals surface area contributed by atoms with Crippen LogP contribution in [0.5, 0.6) is 0 Å². The predicted molar refractivity (Wildman–Crippen MR) is 122 cm³/mol. The summed E-state index contributed by atoms with van der Waals surface area (Å²) in [4.78, 5) is 27.5. The Labute approximate surface area is 187 Å². The van der Waals surface area contributed by atoms with E-state index in [1.54, 1.807) is 25.1 Å². The molecule has 1 aromatic heterocycles. The molecular formula is C26H26N2O4. The molecule has 2 heterocycles. The van der Waals surface area contributed by atoms with Crippen LogP contribution in [0.4, 0.5) is 5.82 Å². The number of aromatic nitrogens is 1. The zero-order valence-electron chi connectivity index (χ0n) is 18.8. The number of amides is 1. The van der Waals surface area contributed by atoms with Crippen LogP contribution in [0.25, 0.3) is 5.76 Å². The minimum atomic E-state index is -0.824. The Hall–Kier alpha value is -3.67. The lowest BCUT2D eigenvalue weighted by Crippen LogP contribution is -2.29. The number of carbonyl (C=O) groups excluding carboxylic acids is 2. The van der Waals surface area contributed by atoms with Crippen LogP contribution < -0.4 is 4.90 Å². The molecule has 1 N–H and O–H groups in total. The summed E-state index contributed by atoms with van der Waals surface area (Å²) in [6.07, 6.45) is 0. The zero-order chi connectivity index (χ0) is 23.2. The van der Waals surface area contributed by atoms with Crippen molar-refractivity contribution in [3.63, 3.8) is 0 Å². The first-order valence-electron chi connectivity index (χ1n) is 10.5. The molecule has 1 aliphatic rings. The number of carbonyl (C=O) groups is 2. The molecule has 0 spiro atoms. The van der Waals surface area contributed by atoms with E-state index >= 15 is 0 Å². The van der Waals surface area contributed by atoms with Gasteiger partial charge in [0.05, 0.1) is 11.6 Å². The van der Waals surface area contributed by atoms with Crippen LogP contribution in [0.15, 0.2) is 64.7 Å². The third kappa shape index (κ3) is 3.73. The lowest BCUT2D eigenvalue weighted by Gasteiger charge is -2.24. The Kier molecular flexibility index (Phi) is 5.25. The highest BCUT2D eigenvalue weighted by Gasteiger charge is 2.48. The van der Waals surface area contributed by atoms with Crippen molar-refractivity contribution in [3.8, 4) is 0 Å². The van der Waals surface area contributed by atoms with Gasteiger partial charge in [-0.3, -0.25) is 14.5 Å². The third-order valence-corrected chi connectivity index (χ3v) is 5.72. The minimum Gasteiger partial charge on any atom is -0.507 e. The molecule has 1 saturated heterocycles.